The molecule has 4 aromatic rings. The molecule has 4 rings (SSSR count). The van der Waals surface area contributed by atoms with Gasteiger partial charge in [0.05, 0.1) is 12.5 Å². The summed E-state index contributed by atoms with van der Waals surface area (Å²) in [5.74, 6) is -1.23. The van der Waals surface area contributed by atoms with Crippen molar-refractivity contribution in [3.63, 3.8) is 0 Å². The van der Waals surface area contributed by atoms with Crippen molar-refractivity contribution in [1.29, 1.82) is 0 Å². The molecule has 8 heteroatoms. The van der Waals surface area contributed by atoms with E-state index in [1.165, 1.54) is 0 Å². The summed E-state index contributed by atoms with van der Waals surface area (Å²) in [6.45, 7) is -0.0946. The Morgan fingerprint density at radius 1 is 0.865 bits per heavy atom. The van der Waals surface area contributed by atoms with Crippen LogP contribution in [0.4, 0.5) is 4.79 Å². The van der Waals surface area contributed by atoms with Crippen LogP contribution in [0.2, 0.25) is 0 Å². The van der Waals surface area contributed by atoms with Gasteiger partial charge in [0.1, 0.15) is 12.6 Å². The molecular weight excluding hydrogens is 470 g/mol. The number of primary amides is 1. The van der Waals surface area contributed by atoms with Crippen LogP contribution in [0.15, 0.2) is 84.9 Å². The standard InChI is InChI=1S/C29H29N3O5/c30-28(35)26(16-25-23-12-6-4-10-20(23)14-21-11-5-7-13-24(21)25)32-27(34)15-22(33)17-31-29(36)37-18-19-8-2-1-3-9-19/h1-14,22,26,33H,15-18H2,(H2,30,35)(H,31,36)(H,32,34)/t22-,26-/m1/s1. The van der Waals surface area contributed by atoms with Gasteiger partial charge in [-0.1, -0.05) is 78.9 Å². The number of hydrogen-bond acceptors (Lipinski definition) is 5. The molecule has 0 radical (unpaired) electrons. The maximum absolute atomic E-state index is 12.6. The fraction of sp³-hybridized carbons (Fsp3) is 0.207. The lowest BCUT2D eigenvalue weighted by Crippen LogP contribution is -2.47. The average molecular weight is 500 g/mol. The lowest BCUT2D eigenvalue weighted by atomic mass is 9.92. The van der Waals surface area contributed by atoms with Gasteiger partial charge in [-0.3, -0.25) is 9.59 Å². The highest BCUT2D eigenvalue weighted by Gasteiger charge is 2.22. The zero-order valence-electron chi connectivity index (χ0n) is 20.2. The van der Waals surface area contributed by atoms with Gasteiger partial charge in [0, 0.05) is 13.0 Å². The molecule has 0 fully saturated rings. The second kappa shape index (κ2) is 12.0. The van der Waals surface area contributed by atoms with E-state index in [1.54, 1.807) is 0 Å². The first-order valence-electron chi connectivity index (χ1n) is 12.0. The first-order valence-corrected chi connectivity index (χ1v) is 12.0. The molecule has 0 aliphatic carbocycles. The number of ether oxygens (including phenoxy) is 1. The number of aliphatic hydroxyl groups is 1. The summed E-state index contributed by atoms with van der Waals surface area (Å²) in [6.07, 6.45) is -2.00. The van der Waals surface area contributed by atoms with Crippen LogP contribution in [0.3, 0.4) is 0 Å². The lowest BCUT2D eigenvalue weighted by molar-refractivity contribution is -0.128. The van der Waals surface area contributed by atoms with Gasteiger partial charge >= 0.3 is 6.09 Å². The molecule has 0 saturated carbocycles. The molecule has 3 amide bonds. The minimum absolute atomic E-state index is 0.0897. The van der Waals surface area contributed by atoms with Crippen LogP contribution in [0.25, 0.3) is 21.5 Å². The molecule has 0 unspecified atom stereocenters. The van der Waals surface area contributed by atoms with E-state index in [1.807, 2.05) is 78.9 Å². The van der Waals surface area contributed by atoms with Crippen molar-refractivity contribution in [2.24, 2.45) is 5.73 Å². The molecule has 2 atom stereocenters. The monoisotopic (exact) mass is 499 g/mol. The predicted octanol–water partition coefficient (Wildman–Crippen LogP) is 3.18. The molecule has 0 aliphatic rings. The van der Waals surface area contributed by atoms with E-state index in [9.17, 15) is 19.5 Å². The first-order chi connectivity index (χ1) is 17.9. The van der Waals surface area contributed by atoms with E-state index in [4.69, 9.17) is 10.5 Å². The number of rotatable bonds is 10. The van der Waals surface area contributed by atoms with Gasteiger partial charge in [0.2, 0.25) is 11.8 Å². The summed E-state index contributed by atoms with van der Waals surface area (Å²) in [5.41, 5.74) is 7.37. The van der Waals surface area contributed by atoms with E-state index in [-0.39, 0.29) is 26.0 Å². The Hall–Kier alpha value is -4.43. The molecule has 0 bridgehead atoms. The largest absolute Gasteiger partial charge is 0.445 e. The number of nitrogens with two attached hydrogens (primary N) is 1. The van der Waals surface area contributed by atoms with Crippen molar-refractivity contribution in [2.75, 3.05) is 6.54 Å². The van der Waals surface area contributed by atoms with Crippen LogP contribution in [0, 0.1) is 0 Å². The molecule has 0 aromatic heterocycles. The third kappa shape index (κ3) is 6.83. The molecule has 0 aliphatic heterocycles. The summed E-state index contributed by atoms with van der Waals surface area (Å²) >= 11 is 0. The summed E-state index contributed by atoms with van der Waals surface area (Å²) in [4.78, 5) is 36.8. The normalized spacial score (nSPS) is 12.6. The van der Waals surface area contributed by atoms with E-state index >= 15 is 0 Å². The Bertz CT molecular complexity index is 1350. The van der Waals surface area contributed by atoms with E-state index in [0.29, 0.717) is 0 Å². The SMILES string of the molecule is NC(=O)[C@@H](Cc1c2ccccc2cc2ccccc12)NC(=O)C[C@@H](O)CNC(=O)OCc1ccccc1. The summed E-state index contributed by atoms with van der Waals surface area (Å²) in [7, 11) is 0. The summed E-state index contributed by atoms with van der Waals surface area (Å²) < 4.78 is 5.09. The topological polar surface area (TPSA) is 131 Å². The highest BCUT2D eigenvalue weighted by atomic mass is 16.5. The van der Waals surface area contributed by atoms with Crippen molar-refractivity contribution < 1.29 is 24.2 Å². The highest BCUT2D eigenvalue weighted by Crippen LogP contribution is 2.29. The zero-order valence-corrected chi connectivity index (χ0v) is 20.2. The minimum Gasteiger partial charge on any atom is -0.445 e. The summed E-state index contributed by atoms with van der Waals surface area (Å²) in [5, 5.41) is 19.3. The van der Waals surface area contributed by atoms with Crippen molar-refractivity contribution in [3.8, 4) is 0 Å². The molecule has 4 aromatic carbocycles. The molecular formula is C29H29N3O5. The van der Waals surface area contributed by atoms with Crippen molar-refractivity contribution in [1.82, 2.24) is 10.6 Å². The van der Waals surface area contributed by atoms with Gasteiger partial charge in [-0.15, -0.1) is 0 Å². The van der Waals surface area contributed by atoms with Crippen molar-refractivity contribution >= 4 is 39.5 Å². The lowest BCUT2D eigenvalue weighted by Gasteiger charge is -2.19. The first kappa shape index (κ1) is 25.7. The summed E-state index contributed by atoms with van der Waals surface area (Å²) in [6, 6.07) is 26.0. The fourth-order valence-corrected chi connectivity index (χ4v) is 4.27. The smallest absolute Gasteiger partial charge is 0.407 e. The molecule has 5 N–H and O–H groups in total. The highest BCUT2D eigenvalue weighted by molar-refractivity contribution is 6.03. The molecule has 190 valence electrons. The number of carbonyl (C=O) groups excluding carboxylic acids is 3. The van der Waals surface area contributed by atoms with Crippen molar-refractivity contribution in [2.45, 2.75) is 31.6 Å². The Labute approximate surface area is 214 Å². The molecule has 8 nitrogen and oxygen atoms in total. The molecule has 37 heavy (non-hydrogen) atoms. The number of aliphatic hydroxyl groups excluding tert-OH is 1. The van der Waals surface area contributed by atoms with Gasteiger partial charge in [-0.2, -0.15) is 0 Å². The Morgan fingerprint density at radius 2 is 1.46 bits per heavy atom. The number of fused-ring (bicyclic) bond motifs is 2. The van der Waals surface area contributed by atoms with Gasteiger partial charge < -0.3 is 26.2 Å². The quantitative estimate of drug-likeness (QED) is 0.249. The average Bonchev–Trinajstić information content (AvgIpc) is 2.90. The van der Waals surface area contributed by atoms with Gasteiger partial charge in [-0.25, -0.2) is 4.79 Å². The Morgan fingerprint density at radius 3 is 2.08 bits per heavy atom. The maximum Gasteiger partial charge on any atom is 0.407 e. The second-order valence-electron chi connectivity index (χ2n) is 8.82. The van der Waals surface area contributed by atoms with Gasteiger partial charge in [0.25, 0.3) is 0 Å². The second-order valence-corrected chi connectivity index (χ2v) is 8.82. The zero-order chi connectivity index (χ0) is 26.2. The number of carbonyl (C=O) groups is 3. The number of nitrogens with one attached hydrogen (secondary N) is 2. The van der Waals surface area contributed by atoms with Crippen LogP contribution in [-0.2, 0) is 27.4 Å². The third-order valence-corrected chi connectivity index (χ3v) is 6.09. The van der Waals surface area contributed by atoms with E-state index in [2.05, 4.69) is 16.7 Å². The van der Waals surface area contributed by atoms with Gasteiger partial charge in [-0.05, 0) is 38.7 Å². The number of benzene rings is 4. The number of alkyl carbamates (subject to hydrolysis) is 1. The fourth-order valence-electron chi connectivity index (χ4n) is 4.27. The predicted molar refractivity (Wildman–Crippen MR) is 142 cm³/mol. The Balaban J connectivity index is 1.36. The number of amides is 3. The molecule has 0 saturated heterocycles. The van der Waals surface area contributed by atoms with Crippen LogP contribution >= 0.6 is 0 Å². The minimum atomic E-state index is -1.17. The molecule has 0 heterocycles. The third-order valence-electron chi connectivity index (χ3n) is 6.09. The van der Waals surface area contributed by atoms with Crippen LogP contribution < -0.4 is 16.4 Å². The van der Waals surface area contributed by atoms with Gasteiger partial charge in [0.15, 0.2) is 0 Å². The van der Waals surface area contributed by atoms with Crippen LogP contribution in [-0.4, -0.2) is 41.7 Å². The van der Waals surface area contributed by atoms with Crippen LogP contribution in [0.5, 0.6) is 0 Å². The van der Waals surface area contributed by atoms with E-state index in [0.717, 1.165) is 32.7 Å². The molecule has 0 spiro atoms. The Kier molecular flexibility index (Phi) is 8.33. The van der Waals surface area contributed by atoms with Crippen LogP contribution in [0.1, 0.15) is 17.5 Å². The maximum atomic E-state index is 12.6. The number of hydrogen-bond donors (Lipinski definition) is 4. The van der Waals surface area contributed by atoms with Crippen molar-refractivity contribution in [3.05, 3.63) is 96.1 Å². The van der Waals surface area contributed by atoms with E-state index < -0.39 is 30.1 Å².